The minimum absolute atomic E-state index is 0.00412. The number of nitrogens with zero attached hydrogens (tertiary/aromatic N) is 1. The molecule has 4 nitrogen and oxygen atoms in total. The van der Waals surface area contributed by atoms with E-state index in [1.54, 1.807) is 33.3 Å². The van der Waals surface area contributed by atoms with Crippen molar-refractivity contribution < 1.29 is 9.90 Å². The van der Waals surface area contributed by atoms with Gasteiger partial charge in [0.15, 0.2) is 0 Å². The molecular formula is C10H14N2O2. The van der Waals surface area contributed by atoms with Crippen LogP contribution in [0, 0.1) is 0 Å². The molecule has 2 N–H and O–H groups in total. The number of anilines is 1. The highest BCUT2D eigenvalue weighted by molar-refractivity contribution is 6.01. The maximum absolute atomic E-state index is 11.7. The predicted octanol–water partition coefficient (Wildman–Crippen LogP) is 1.14. The summed E-state index contributed by atoms with van der Waals surface area (Å²) >= 11 is 0. The summed E-state index contributed by atoms with van der Waals surface area (Å²) in [6.07, 6.45) is 0. The molecule has 1 rings (SSSR count). The van der Waals surface area contributed by atoms with Gasteiger partial charge < -0.3 is 15.3 Å². The molecule has 0 radical (unpaired) electrons. The lowest BCUT2D eigenvalue weighted by molar-refractivity contribution is 0.0825. The fraction of sp³-hybridized carbons (Fsp3) is 0.300. The van der Waals surface area contributed by atoms with E-state index in [-0.39, 0.29) is 11.7 Å². The largest absolute Gasteiger partial charge is 0.507 e. The molecule has 0 aliphatic carbocycles. The van der Waals surface area contributed by atoms with Crippen LogP contribution in [0.2, 0.25) is 0 Å². The van der Waals surface area contributed by atoms with Crippen LogP contribution in [0.15, 0.2) is 18.2 Å². The van der Waals surface area contributed by atoms with Gasteiger partial charge in [0.25, 0.3) is 5.91 Å². The van der Waals surface area contributed by atoms with Gasteiger partial charge in [-0.3, -0.25) is 4.79 Å². The van der Waals surface area contributed by atoms with Crippen LogP contribution in [-0.4, -0.2) is 37.1 Å². The third-order valence-electron chi connectivity index (χ3n) is 1.93. The van der Waals surface area contributed by atoms with Crippen LogP contribution in [0.5, 0.6) is 5.75 Å². The van der Waals surface area contributed by atoms with E-state index in [0.717, 1.165) is 0 Å². The molecule has 1 aromatic carbocycles. The topological polar surface area (TPSA) is 52.6 Å². The zero-order chi connectivity index (χ0) is 10.7. The summed E-state index contributed by atoms with van der Waals surface area (Å²) in [5, 5.41) is 12.4. The van der Waals surface area contributed by atoms with Crippen LogP contribution >= 0.6 is 0 Å². The van der Waals surface area contributed by atoms with Crippen LogP contribution in [0.25, 0.3) is 0 Å². The number of hydrogen-bond donors (Lipinski definition) is 2. The Morgan fingerprint density at radius 2 is 2.07 bits per heavy atom. The minimum Gasteiger partial charge on any atom is -0.507 e. The van der Waals surface area contributed by atoms with Gasteiger partial charge in [-0.1, -0.05) is 6.07 Å². The Balaban J connectivity index is 3.23. The predicted molar refractivity (Wildman–Crippen MR) is 55.7 cm³/mol. The summed E-state index contributed by atoms with van der Waals surface area (Å²) in [4.78, 5) is 13.1. The molecule has 1 amide bonds. The number of phenolic OH excluding ortho intramolecular Hbond substituents is 1. The summed E-state index contributed by atoms with van der Waals surface area (Å²) < 4.78 is 0. The van der Waals surface area contributed by atoms with Gasteiger partial charge in [-0.25, -0.2) is 0 Å². The summed E-state index contributed by atoms with van der Waals surface area (Å²) in [6, 6.07) is 4.93. The smallest absolute Gasteiger partial charge is 0.259 e. The maximum Gasteiger partial charge on any atom is 0.259 e. The molecule has 0 heterocycles. The molecule has 0 aromatic heterocycles. The lowest BCUT2D eigenvalue weighted by Crippen LogP contribution is -2.22. The van der Waals surface area contributed by atoms with Crippen LogP contribution in [0.4, 0.5) is 5.69 Å². The van der Waals surface area contributed by atoms with Gasteiger partial charge in [-0.2, -0.15) is 0 Å². The molecule has 4 heteroatoms. The zero-order valence-electron chi connectivity index (χ0n) is 8.53. The van der Waals surface area contributed by atoms with Crippen LogP contribution in [0.3, 0.4) is 0 Å². The van der Waals surface area contributed by atoms with Crippen LogP contribution in [0.1, 0.15) is 10.4 Å². The highest BCUT2D eigenvalue weighted by Crippen LogP contribution is 2.25. The first-order valence-corrected chi connectivity index (χ1v) is 4.29. The number of aromatic hydroxyl groups is 1. The van der Waals surface area contributed by atoms with Gasteiger partial charge in [0.05, 0.1) is 5.69 Å². The van der Waals surface area contributed by atoms with Gasteiger partial charge >= 0.3 is 0 Å². The van der Waals surface area contributed by atoms with E-state index in [4.69, 9.17) is 0 Å². The van der Waals surface area contributed by atoms with Crippen molar-refractivity contribution in [2.45, 2.75) is 0 Å². The van der Waals surface area contributed by atoms with Crippen molar-refractivity contribution in [1.29, 1.82) is 0 Å². The summed E-state index contributed by atoms with van der Waals surface area (Å²) in [7, 11) is 5.00. The van der Waals surface area contributed by atoms with Crippen LogP contribution in [-0.2, 0) is 0 Å². The SMILES string of the molecule is CNc1cccc(O)c1C(=O)N(C)C. The Morgan fingerprint density at radius 3 is 2.57 bits per heavy atom. The van der Waals surface area contributed by atoms with Crippen molar-refractivity contribution in [3.63, 3.8) is 0 Å². The van der Waals surface area contributed by atoms with E-state index in [2.05, 4.69) is 5.32 Å². The summed E-state index contributed by atoms with van der Waals surface area (Å²) in [5.41, 5.74) is 0.934. The van der Waals surface area contributed by atoms with E-state index in [1.807, 2.05) is 0 Å². The first-order valence-electron chi connectivity index (χ1n) is 4.29. The number of carbonyl (C=O) groups excluding carboxylic acids is 1. The fourth-order valence-corrected chi connectivity index (χ4v) is 1.20. The van der Waals surface area contributed by atoms with E-state index in [1.165, 1.54) is 11.0 Å². The van der Waals surface area contributed by atoms with Gasteiger partial charge in [0, 0.05) is 21.1 Å². The van der Waals surface area contributed by atoms with E-state index >= 15 is 0 Å². The van der Waals surface area contributed by atoms with Gasteiger partial charge in [-0.15, -0.1) is 0 Å². The molecule has 0 atom stereocenters. The van der Waals surface area contributed by atoms with E-state index in [0.29, 0.717) is 11.3 Å². The number of phenols is 1. The minimum atomic E-state index is -0.215. The van der Waals surface area contributed by atoms with Crippen molar-refractivity contribution in [2.24, 2.45) is 0 Å². The molecule has 0 fully saturated rings. The Labute approximate surface area is 83.2 Å². The van der Waals surface area contributed by atoms with Crippen molar-refractivity contribution in [3.05, 3.63) is 23.8 Å². The maximum atomic E-state index is 11.7. The quantitative estimate of drug-likeness (QED) is 0.742. The highest BCUT2D eigenvalue weighted by atomic mass is 16.3. The zero-order valence-corrected chi connectivity index (χ0v) is 8.53. The van der Waals surface area contributed by atoms with Crippen molar-refractivity contribution in [3.8, 4) is 5.75 Å². The molecule has 0 unspecified atom stereocenters. The molecule has 0 saturated carbocycles. The van der Waals surface area contributed by atoms with Gasteiger partial charge in [-0.05, 0) is 12.1 Å². The second kappa shape index (κ2) is 4.00. The van der Waals surface area contributed by atoms with E-state index < -0.39 is 0 Å². The molecule has 0 aliphatic rings. The average molecular weight is 194 g/mol. The molecule has 0 aliphatic heterocycles. The monoisotopic (exact) mass is 194 g/mol. The molecule has 0 saturated heterocycles. The Kier molecular flexibility index (Phi) is 2.96. The number of amides is 1. The first-order chi connectivity index (χ1) is 6.57. The molecule has 0 spiro atoms. The number of rotatable bonds is 2. The van der Waals surface area contributed by atoms with Crippen molar-refractivity contribution in [2.75, 3.05) is 26.5 Å². The third kappa shape index (κ3) is 1.79. The lowest BCUT2D eigenvalue weighted by atomic mass is 10.1. The Hall–Kier alpha value is -1.71. The number of carbonyl (C=O) groups is 1. The molecule has 0 bridgehead atoms. The summed E-state index contributed by atoms with van der Waals surface area (Å²) in [6.45, 7) is 0. The Morgan fingerprint density at radius 1 is 1.43 bits per heavy atom. The molecule has 76 valence electrons. The van der Waals surface area contributed by atoms with Gasteiger partial charge in [0.1, 0.15) is 11.3 Å². The number of benzene rings is 1. The summed E-state index contributed by atoms with van der Waals surface area (Å²) in [5.74, 6) is -0.219. The fourth-order valence-electron chi connectivity index (χ4n) is 1.20. The normalized spacial score (nSPS) is 9.64. The van der Waals surface area contributed by atoms with Crippen LogP contribution < -0.4 is 5.32 Å². The molecule has 14 heavy (non-hydrogen) atoms. The van der Waals surface area contributed by atoms with Gasteiger partial charge in [0.2, 0.25) is 0 Å². The Bertz CT molecular complexity index is 348. The second-order valence-electron chi connectivity index (χ2n) is 3.15. The molecular weight excluding hydrogens is 180 g/mol. The number of hydrogen-bond acceptors (Lipinski definition) is 3. The highest BCUT2D eigenvalue weighted by Gasteiger charge is 2.16. The van der Waals surface area contributed by atoms with E-state index in [9.17, 15) is 9.90 Å². The van der Waals surface area contributed by atoms with Crippen molar-refractivity contribution >= 4 is 11.6 Å². The second-order valence-corrected chi connectivity index (χ2v) is 3.15. The lowest BCUT2D eigenvalue weighted by Gasteiger charge is -2.14. The molecule has 1 aromatic rings. The standard InChI is InChI=1S/C10H14N2O2/c1-11-7-5-4-6-8(13)9(7)10(14)12(2)3/h4-6,11,13H,1-3H3. The third-order valence-corrected chi connectivity index (χ3v) is 1.93. The average Bonchev–Trinajstić information content (AvgIpc) is 2.16. The number of nitrogens with one attached hydrogen (secondary N) is 1. The van der Waals surface area contributed by atoms with Crippen molar-refractivity contribution in [1.82, 2.24) is 4.90 Å². The first kappa shape index (κ1) is 10.4.